The van der Waals surface area contributed by atoms with E-state index in [-0.39, 0.29) is 11.8 Å². The van der Waals surface area contributed by atoms with Crippen molar-refractivity contribution in [3.8, 4) is 0 Å². The van der Waals surface area contributed by atoms with Crippen LogP contribution in [0.15, 0.2) is 17.0 Å². The summed E-state index contributed by atoms with van der Waals surface area (Å²) in [6.45, 7) is 4.23. The van der Waals surface area contributed by atoms with Gasteiger partial charge in [-0.3, -0.25) is 0 Å². The fraction of sp³-hybridized carbons (Fsp3) is 0.625. The van der Waals surface area contributed by atoms with Gasteiger partial charge in [0.1, 0.15) is 0 Å². The normalized spacial score (nSPS) is 24.2. The molecular formula is C16H23NO2S. The standard InChI is InChI=1S/C16H23NO2S/c1-11(2)17-15-7-4-8-20(18,19)16-10-13-6-3-5-12(13)9-14(15)16/h9-11,15,17H,3-8H2,1-2H3. The third-order valence-electron chi connectivity index (χ3n) is 4.38. The lowest BCUT2D eigenvalue weighted by Crippen LogP contribution is -2.28. The zero-order chi connectivity index (χ0) is 14.3. The molecule has 20 heavy (non-hydrogen) atoms. The first-order chi connectivity index (χ1) is 9.47. The van der Waals surface area contributed by atoms with Gasteiger partial charge in [0.2, 0.25) is 0 Å². The van der Waals surface area contributed by atoms with E-state index in [9.17, 15) is 8.42 Å². The summed E-state index contributed by atoms with van der Waals surface area (Å²) < 4.78 is 25.0. The Morgan fingerprint density at radius 2 is 1.85 bits per heavy atom. The summed E-state index contributed by atoms with van der Waals surface area (Å²) in [5.41, 5.74) is 3.62. The molecule has 110 valence electrons. The number of sulfone groups is 1. The molecule has 0 saturated heterocycles. The largest absolute Gasteiger partial charge is 0.308 e. The van der Waals surface area contributed by atoms with Gasteiger partial charge in [-0.25, -0.2) is 8.42 Å². The third-order valence-corrected chi connectivity index (χ3v) is 6.22. The topological polar surface area (TPSA) is 46.2 Å². The number of fused-ring (bicyclic) bond motifs is 2. The Bertz CT molecular complexity index is 620. The quantitative estimate of drug-likeness (QED) is 0.912. The highest BCUT2D eigenvalue weighted by Gasteiger charge is 2.30. The third kappa shape index (κ3) is 2.51. The molecule has 0 aromatic heterocycles. The highest BCUT2D eigenvalue weighted by atomic mass is 32.2. The van der Waals surface area contributed by atoms with Crippen LogP contribution in [0.5, 0.6) is 0 Å². The highest BCUT2D eigenvalue weighted by molar-refractivity contribution is 7.91. The van der Waals surface area contributed by atoms with Crippen molar-refractivity contribution >= 4 is 9.84 Å². The van der Waals surface area contributed by atoms with Crippen LogP contribution in [0.25, 0.3) is 0 Å². The van der Waals surface area contributed by atoms with E-state index in [0.29, 0.717) is 10.9 Å². The summed E-state index contributed by atoms with van der Waals surface area (Å²) in [4.78, 5) is 0.591. The van der Waals surface area contributed by atoms with Crippen molar-refractivity contribution in [2.45, 2.75) is 62.9 Å². The molecule has 1 aliphatic heterocycles. The zero-order valence-electron chi connectivity index (χ0n) is 12.3. The van der Waals surface area contributed by atoms with Gasteiger partial charge >= 0.3 is 0 Å². The van der Waals surface area contributed by atoms with E-state index in [1.807, 2.05) is 6.07 Å². The summed E-state index contributed by atoms with van der Waals surface area (Å²) in [5, 5.41) is 3.54. The van der Waals surface area contributed by atoms with Crippen LogP contribution in [-0.2, 0) is 22.7 Å². The Balaban J connectivity index is 2.13. The fourth-order valence-electron chi connectivity index (χ4n) is 3.48. The Kier molecular flexibility index (Phi) is 3.63. The molecule has 0 bridgehead atoms. The monoisotopic (exact) mass is 293 g/mol. The first kappa shape index (κ1) is 14.1. The average Bonchev–Trinajstić information content (AvgIpc) is 2.78. The van der Waals surface area contributed by atoms with Crippen molar-refractivity contribution in [2.75, 3.05) is 5.75 Å². The van der Waals surface area contributed by atoms with E-state index < -0.39 is 9.84 Å². The Morgan fingerprint density at radius 3 is 2.55 bits per heavy atom. The highest BCUT2D eigenvalue weighted by Crippen LogP contribution is 2.36. The van der Waals surface area contributed by atoms with Crippen LogP contribution in [0, 0.1) is 0 Å². The van der Waals surface area contributed by atoms with Gasteiger partial charge in [-0.05, 0) is 54.9 Å². The summed E-state index contributed by atoms with van der Waals surface area (Å²) in [5.74, 6) is 0.287. The van der Waals surface area contributed by atoms with Gasteiger partial charge < -0.3 is 5.32 Å². The van der Waals surface area contributed by atoms with Gasteiger partial charge in [0.15, 0.2) is 9.84 Å². The molecule has 1 unspecified atom stereocenters. The van der Waals surface area contributed by atoms with E-state index >= 15 is 0 Å². The number of rotatable bonds is 2. The van der Waals surface area contributed by atoms with Crippen LogP contribution >= 0.6 is 0 Å². The van der Waals surface area contributed by atoms with Gasteiger partial charge in [0.05, 0.1) is 10.6 Å². The minimum atomic E-state index is -3.11. The maximum absolute atomic E-state index is 12.5. The second kappa shape index (κ2) is 5.15. The Morgan fingerprint density at radius 1 is 1.15 bits per heavy atom. The van der Waals surface area contributed by atoms with Crippen molar-refractivity contribution in [1.82, 2.24) is 5.32 Å². The maximum atomic E-state index is 12.5. The van der Waals surface area contributed by atoms with Crippen molar-refractivity contribution < 1.29 is 8.42 Å². The van der Waals surface area contributed by atoms with Crippen LogP contribution in [0.2, 0.25) is 0 Å². The molecule has 4 heteroatoms. The second-order valence-electron chi connectivity index (χ2n) is 6.35. The van der Waals surface area contributed by atoms with E-state index in [2.05, 4.69) is 25.2 Å². The van der Waals surface area contributed by atoms with Crippen LogP contribution in [0.3, 0.4) is 0 Å². The Labute approximate surface area is 121 Å². The number of hydrogen-bond donors (Lipinski definition) is 1. The first-order valence-electron chi connectivity index (χ1n) is 7.62. The van der Waals surface area contributed by atoms with E-state index in [4.69, 9.17) is 0 Å². The number of aryl methyl sites for hydroxylation is 2. The fourth-order valence-corrected chi connectivity index (χ4v) is 5.13. The molecule has 1 aliphatic carbocycles. The van der Waals surface area contributed by atoms with Crippen LogP contribution in [0.1, 0.15) is 55.8 Å². The van der Waals surface area contributed by atoms with Gasteiger partial charge in [-0.2, -0.15) is 0 Å². The van der Waals surface area contributed by atoms with E-state index in [1.54, 1.807) is 0 Å². The van der Waals surface area contributed by atoms with Gasteiger partial charge in [0, 0.05) is 12.1 Å². The molecule has 0 amide bonds. The molecule has 1 N–H and O–H groups in total. The molecule has 3 rings (SSSR count). The second-order valence-corrected chi connectivity index (χ2v) is 8.42. The van der Waals surface area contributed by atoms with Crippen LogP contribution in [0.4, 0.5) is 0 Å². The van der Waals surface area contributed by atoms with Crippen molar-refractivity contribution in [2.24, 2.45) is 0 Å². The predicted octanol–water partition coefficient (Wildman–Crippen LogP) is 2.78. The number of benzene rings is 1. The van der Waals surface area contributed by atoms with Crippen molar-refractivity contribution in [3.05, 3.63) is 28.8 Å². The molecule has 3 nitrogen and oxygen atoms in total. The molecule has 1 atom stereocenters. The van der Waals surface area contributed by atoms with Gasteiger partial charge in [-0.1, -0.05) is 19.9 Å². The lowest BCUT2D eigenvalue weighted by atomic mass is 9.97. The summed E-state index contributed by atoms with van der Waals surface area (Å²) in [6, 6.07) is 4.67. The summed E-state index contributed by atoms with van der Waals surface area (Å²) in [7, 11) is -3.11. The summed E-state index contributed by atoms with van der Waals surface area (Å²) >= 11 is 0. The number of nitrogens with one attached hydrogen (secondary N) is 1. The molecular weight excluding hydrogens is 270 g/mol. The molecule has 0 saturated carbocycles. The molecule has 1 aromatic rings. The van der Waals surface area contributed by atoms with Crippen LogP contribution in [-0.4, -0.2) is 20.2 Å². The van der Waals surface area contributed by atoms with E-state index in [1.165, 1.54) is 11.1 Å². The van der Waals surface area contributed by atoms with E-state index in [0.717, 1.165) is 37.7 Å². The van der Waals surface area contributed by atoms with Gasteiger partial charge in [0.25, 0.3) is 0 Å². The minimum Gasteiger partial charge on any atom is -0.308 e. The molecule has 1 heterocycles. The lowest BCUT2D eigenvalue weighted by Gasteiger charge is -2.22. The number of hydrogen-bond acceptors (Lipinski definition) is 3. The minimum absolute atomic E-state index is 0.174. The van der Waals surface area contributed by atoms with Crippen molar-refractivity contribution in [3.63, 3.8) is 0 Å². The Hall–Kier alpha value is -0.870. The molecule has 2 aliphatic rings. The van der Waals surface area contributed by atoms with Crippen LogP contribution < -0.4 is 5.32 Å². The predicted molar refractivity (Wildman–Crippen MR) is 80.8 cm³/mol. The molecule has 0 radical (unpaired) electrons. The lowest BCUT2D eigenvalue weighted by molar-refractivity contribution is 0.447. The van der Waals surface area contributed by atoms with Gasteiger partial charge in [-0.15, -0.1) is 0 Å². The smallest absolute Gasteiger partial charge is 0.178 e. The zero-order valence-corrected chi connectivity index (χ0v) is 13.1. The molecule has 0 spiro atoms. The molecule has 1 aromatic carbocycles. The first-order valence-corrected chi connectivity index (χ1v) is 9.27. The summed E-state index contributed by atoms with van der Waals surface area (Å²) in [6.07, 6.45) is 4.92. The SMILES string of the molecule is CC(C)NC1CCCS(=O)(=O)c2cc3c(cc21)CCC3. The average molecular weight is 293 g/mol. The molecule has 0 fully saturated rings. The maximum Gasteiger partial charge on any atom is 0.178 e. The van der Waals surface area contributed by atoms with Crippen molar-refractivity contribution in [1.29, 1.82) is 0 Å².